The van der Waals surface area contributed by atoms with Crippen LogP contribution in [-0.2, 0) is 14.8 Å². The van der Waals surface area contributed by atoms with E-state index >= 15 is 0 Å². The number of hydrogen-bond donors (Lipinski definition) is 3. The van der Waals surface area contributed by atoms with Crippen molar-refractivity contribution in [2.24, 2.45) is 0 Å². The van der Waals surface area contributed by atoms with Crippen molar-refractivity contribution in [2.75, 3.05) is 13.1 Å². The number of rotatable bonds is 7. The molecule has 164 valence electrons. The van der Waals surface area contributed by atoms with Gasteiger partial charge in [0.05, 0.1) is 10.6 Å². The third-order valence-corrected chi connectivity index (χ3v) is 5.72. The molecule has 0 saturated carbocycles. The van der Waals surface area contributed by atoms with Crippen LogP contribution >= 0.6 is 0 Å². The molecule has 0 aliphatic carbocycles. The summed E-state index contributed by atoms with van der Waals surface area (Å²) in [4.78, 5) is 29.8. The Morgan fingerprint density at radius 1 is 1.16 bits per heavy atom. The molecule has 0 aliphatic heterocycles. The van der Waals surface area contributed by atoms with Gasteiger partial charge in [-0.25, -0.2) is 22.9 Å². The molecule has 0 fully saturated rings. The minimum Gasteiger partial charge on any atom is -0.444 e. The van der Waals surface area contributed by atoms with E-state index in [0.717, 1.165) is 16.5 Å². The fourth-order valence-electron chi connectivity index (χ4n) is 2.92. The van der Waals surface area contributed by atoms with Gasteiger partial charge in [-0.1, -0.05) is 12.1 Å². The summed E-state index contributed by atoms with van der Waals surface area (Å²) in [6.45, 7) is 5.34. The Hall–Kier alpha value is -3.24. The standard InChI is InChI=1S/C21H24N4O5S/c1-21(2,3)30-20(27)23-10-11-24-31(28,29)16-6-4-14(5-7-16)17-8-9-22-19-18(17)12-15(13-26)25-19/h4-9,12-13,24H,10-11H2,1-3H3,(H,22,25)(H,23,27). The molecule has 1 amide bonds. The van der Waals surface area contributed by atoms with Gasteiger partial charge in [-0.2, -0.15) is 0 Å². The highest BCUT2D eigenvalue weighted by Gasteiger charge is 2.17. The van der Waals surface area contributed by atoms with Crippen molar-refractivity contribution >= 4 is 33.4 Å². The number of aromatic amines is 1. The van der Waals surface area contributed by atoms with E-state index in [1.165, 1.54) is 12.1 Å². The lowest BCUT2D eigenvalue weighted by Crippen LogP contribution is -2.37. The second kappa shape index (κ2) is 8.86. The van der Waals surface area contributed by atoms with Gasteiger partial charge in [0, 0.05) is 24.7 Å². The number of benzene rings is 1. The Morgan fingerprint density at radius 3 is 2.52 bits per heavy atom. The normalized spacial score (nSPS) is 12.0. The lowest BCUT2D eigenvalue weighted by molar-refractivity contribution is 0.0528. The van der Waals surface area contributed by atoms with E-state index in [2.05, 4.69) is 20.0 Å². The Labute approximate surface area is 180 Å². The maximum atomic E-state index is 12.5. The Bertz CT molecular complexity index is 1190. The van der Waals surface area contributed by atoms with Crippen LogP contribution in [0.5, 0.6) is 0 Å². The lowest BCUT2D eigenvalue weighted by Gasteiger charge is -2.19. The van der Waals surface area contributed by atoms with Gasteiger partial charge in [0.25, 0.3) is 0 Å². The van der Waals surface area contributed by atoms with Gasteiger partial charge in [-0.3, -0.25) is 4.79 Å². The van der Waals surface area contributed by atoms with Gasteiger partial charge < -0.3 is 15.0 Å². The van der Waals surface area contributed by atoms with Crippen molar-refractivity contribution in [3.63, 3.8) is 0 Å². The number of H-pyrrole nitrogens is 1. The Morgan fingerprint density at radius 2 is 1.87 bits per heavy atom. The number of aldehydes is 1. The molecule has 31 heavy (non-hydrogen) atoms. The molecule has 3 aromatic rings. The maximum absolute atomic E-state index is 12.5. The zero-order chi connectivity index (χ0) is 22.6. The molecule has 9 nitrogen and oxygen atoms in total. The molecule has 0 unspecified atom stereocenters. The van der Waals surface area contributed by atoms with E-state index in [0.29, 0.717) is 17.6 Å². The summed E-state index contributed by atoms with van der Waals surface area (Å²) in [5.41, 5.74) is 1.98. The van der Waals surface area contributed by atoms with Gasteiger partial charge in [-0.15, -0.1) is 0 Å². The summed E-state index contributed by atoms with van der Waals surface area (Å²) < 4.78 is 32.5. The smallest absolute Gasteiger partial charge is 0.407 e. The van der Waals surface area contributed by atoms with Crippen LogP contribution in [-0.4, -0.2) is 49.5 Å². The van der Waals surface area contributed by atoms with Crippen molar-refractivity contribution in [2.45, 2.75) is 31.3 Å². The molecule has 0 bridgehead atoms. The summed E-state index contributed by atoms with van der Waals surface area (Å²) in [5.74, 6) is 0. The summed E-state index contributed by atoms with van der Waals surface area (Å²) in [6.07, 6.45) is 1.72. The van der Waals surface area contributed by atoms with Gasteiger partial charge in [0.1, 0.15) is 11.2 Å². The average Bonchev–Trinajstić information content (AvgIpc) is 3.13. The summed E-state index contributed by atoms with van der Waals surface area (Å²) >= 11 is 0. The second-order valence-corrected chi connectivity index (χ2v) is 9.58. The number of pyridine rings is 1. The highest BCUT2D eigenvalue weighted by molar-refractivity contribution is 7.89. The minimum absolute atomic E-state index is 0.0200. The Balaban J connectivity index is 1.66. The number of carbonyl (C=O) groups excluding carboxylic acids is 2. The van der Waals surface area contributed by atoms with E-state index < -0.39 is 21.7 Å². The first kappa shape index (κ1) is 22.4. The summed E-state index contributed by atoms with van der Waals surface area (Å²) in [5, 5.41) is 3.27. The molecular formula is C21H24N4O5S. The molecule has 2 heterocycles. The predicted molar refractivity (Wildman–Crippen MR) is 116 cm³/mol. The maximum Gasteiger partial charge on any atom is 0.407 e. The number of nitrogens with one attached hydrogen (secondary N) is 3. The molecule has 0 spiro atoms. The van der Waals surface area contributed by atoms with E-state index in [1.807, 2.05) is 0 Å². The highest BCUT2D eigenvalue weighted by Crippen LogP contribution is 2.28. The third-order valence-electron chi connectivity index (χ3n) is 4.24. The van der Waals surface area contributed by atoms with Gasteiger partial charge in [0.2, 0.25) is 10.0 Å². The first-order chi connectivity index (χ1) is 14.6. The first-order valence-electron chi connectivity index (χ1n) is 9.59. The van der Waals surface area contributed by atoms with Crippen molar-refractivity contribution in [3.05, 3.63) is 48.3 Å². The SMILES string of the molecule is CC(C)(C)OC(=O)NCCNS(=O)(=O)c1ccc(-c2ccnc3[nH]c(C=O)cc23)cc1. The monoisotopic (exact) mass is 444 g/mol. The van der Waals surface area contributed by atoms with Crippen LogP contribution in [0.1, 0.15) is 31.3 Å². The van der Waals surface area contributed by atoms with Crippen LogP contribution in [0.2, 0.25) is 0 Å². The quantitative estimate of drug-likeness (QED) is 0.379. The van der Waals surface area contributed by atoms with Crippen molar-refractivity contribution < 1.29 is 22.7 Å². The van der Waals surface area contributed by atoms with Crippen LogP contribution in [0.25, 0.3) is 22.2 Å². The molecule has 0 saturated heterocycles. The molecule has 0 radical (unpaired) electrons. The van der Waals surface area contributed by atoms with Crippen LogP contribution in [0.4, 0.5) is 4.79 Å². The number of carbonyl (C=O) groups is 2. The second-order valence-electron chi connectivity index (χ2n) is 7.81. The number of nitrogens with zero attached hydrogens (tertiary/aromatic N) is 1. The number of sulfonamides is 1. The van der Waals surface area contributed by atoms with Crippen LogP contribution in [0.15, 0.2) is 47.5 Å². The van der Waals surface area contributed by atoms with Gasteiger partial charge in [-0.05, 0) is 56.2 Å². The van der Waals surface area contributed by atoms with Crippen molar-refractivity contribution in [1.82, 2.24) is 20.0 Å². The molecule has 2 aromatic heterocycles. The average molecular weight is 445 g/mol. The highest BCUT2D eigenvalue weighted by atomic mass is 32.2. The predicted octanol–water partition coefficient (Wildman–Crippen LogP) is 2.85. The first-order valence-corrected chi connectivity index (χ1v) is 11.1. The van der Waals surface area contributed by atoms with Crippen LogP contribution < -0.4 is 10.0 Å². The molecule has 10 heteroatoms. The zero-order valence-corrected chi connectivity index (χ0v) is 18.2. The third kappa shape index (κ3) is 5.68. The van der Waals surface area contributed by atoms with E-state index in [1.54, 1.807) is 51.2 Å². The van der Waals surface area contributed by atoms with E-state index in [9.17, 15) is 18.0 Å². The van der Waals surface area contributed by atoms with Crippen LogP contribution in [0, 0.1) is 0 Å². The number of amides is 1. The molecule has 3 rings (SSSR count). The fourth-order valence-corrected chi connectivity index (χ4v) is 3.96. The van der Waals surface area contributed by atoms with Gasteiger partial charge >= 0.3 is 6.09 Å². The lowest BCUT2D eigenvalue weighted by atomic mass is 10.0. The fraction of sp³-hybridized carbons (Fsp3) is 0.286. The summed E-state index contributed by atoms with van der Waals surface area (Å²) in [7, 11) is -3.74. The number of alkyl carbamates (subject to hydrolysis) is 1. The largest absolute Gasteiger partial charge is 0.444 e. The van der Waals surface area contributed by atoms with Crippen molar-refractivity contribution in [3.8, 4) is 11.1 Å². The van der Waals surface area contributed by atoms with E-state index in [-0.39, 0.29) is 18.0 Å². The zero-order valence-electron chi connectivity index (χ0n) is 17.4. The number of ether oxygens (including phenoxy) is 1. The van der Waals surface area contributed by atoms with Gasteiger partial charge in [0.15, 0.2) is 6.29 Å². The van der Waals surface area contributed by atoms with Crippen LogP contribution in [0.3, 0.4) is 0 Å². The topological polar surface area (TPSA) is 130 Å². The Kier molecular flexibility index (Phi) is 6.42. The minimum atomic E-state index is -3.74. The number of fused-ring (bicyclic) bond motifs is 1. The summed E-state index contributed by atoms with van der Waals surface area (Å²) in [6, 6.07) is 9.88. The molecular weight excluding hydrogens is 420 g/mol. The molecule has 0 aliphatic rings. The number of aromatic nitrogens is 2. The molecule has 3 N–H and O–H groups in total. The van der Waals surface area contributed by atoms with E-state index in [4.69, 9.17) is 4.74 Å². The number of hydrogen-bond acceptors (Lipinski definition) is 6. The molecule has 0 atom stereocenters. The molecule has 1 aromatic carbocycles. The van der Waals surface area contributed by atoms with Crippen molar-refractivity contribution in [1.29, 1.82) is 0 Å².